The second kappa shape index (κ2) is 12.0. The molecule has 0 bridgehead atoms. The van der Waals surface area contributed by atoms with E-state index in [-0.39, 0.29) is 35.4 Å². The van der Waals surface area contributed by atoms with Crippen molar-refractivity contribution < 1.29 is 23.9 Å². The van der Waals surface area contributed by atoms with Crippen LogP contribution in [-0.4, -0.2) is 91.1 Å². The summed E-state index contributed by atoms with van der Waals surface area (Å²) in [5.74, 6) is -0.928. The molecular weight excluding hydrogens is 475 g/mol. The molecule has 2 heterocycles. The van der Waals surface area contributed by atoms with Gasteiger partial charge >= 0.3 is 0 Å². The third-order valence-corrected chi connectivity index (χ3v) is 7.68. The quantitative estimate of drug-likeness (QED) is 0.518. The van der Waals surface area contributed by atoms with Gasteiger partial charge in [-0.2, -0.15) is 0 Å². The molecule has 2 amide bonds. The molecule has 3 unspecified atom stereocenters. The number of allylic oxidation sites excluding steroid dienone is 1. The first kappa shape index (κ1) is 27.0. The van der Waals surface area contributed by atoms with E-state index in [0.717, 1.165) is 18.8 Å². The molecule has 0 radical (unpaired) electrons. The summed E-state index contributed by atoms with van der Waals surface area (Å²) in [6.45, 7) is 6.98. The van der Waals surface area contributed by atoms with Crippen molar-refractivity contribution in [3.63, 3.8) is 0 Å². The SMILES string of the molecule is CC(=O)c1ccc(N2CCN(C(=O)CN3CC[C@@H](C(=O)NC4=CC(C(C)CF)C(O)C=C4)C3)CC2)cc1. The van der Waals surface area contributed by atoms with Gasteiger partial charge in [-0.25, -0.2) is 0 Å². The summed E-state index contributed by atoms with van der Waals surface area (Å²) < 4.78 is 13.1. The number of piperazine rings is 1. The number of anilines is 1. The lowest BCUT2D eigenvalue weighted by atomic mass is 9.86. The first-order valence-corrected chi connectivity index (χ1v) is 13.1. The minimum Gasteiger partial charge on any atom is -0.388 e. The number of Topliss-reactive ketones (excluding diaryl/α,β-unsaturated/α-hetero) is 1. The van der Waals surface area contributed by atoms with Crippen LogP contribution >= 0.6 is 0 Å². The van der Waals surface area contributed by atoms with E-state index < -0.39 is 12.8 Å². The van der Waals surface area contributed by atoms with E-state index in [1.165, 1.54) is 0 Å². The zero-order valence-corrected chi connectivity index (χ0v) is 21.6. The Kier molecular flexibility index (Phi) is 8.76. The van der Waals surface area contributed by atoms with Gasteiger partial charge in [0, 0.05) is 55.6 Å². The number of carbonyl (C=O) groups is 3. The summed E-state index contributed by atoms with van der Waals surface area (Å²) >= 11 is 0. The molecule has 9 heteroatoms. The van der Waals surface area contributed by atoms with Crippen LogP contribution < -0.4 is 10.2 Å². The summed E-state index contributed by atoms with van der Waals surface area (Å²) in [6.07, 6.45) is 4.91. The Morgan fingerprint density at radius 2 is 1.81 bits per heavy atom. The Morgan fingerprint density at radius 1 is 1.11 bits per heavy atom. The number of halogens is 1. The van der Waals surface area contributed by atoms with E-state index >= 15 is 0 Å². The van der Waals surface area contributed by atoms with Gasteiger partial charge in [0.2, 0.25) is 11.8 Å². The van der Waals surface area contributed by atoms with Crippen LogP contribution in [-0.2, 0) is 9.59 Å². The molecule has 8 nitrogen and oxygen atoms in total. The lowest BCUT2D eigenvalue weighted by Gasteiger charge is -2.36. The molecule has 0 spiro atoms. The third kappa shape index (κ3) is 6.64. The zero-order valence-electron chi connectivity index (χ0n) is 21.6. The van der Waals surface area contributed by atoms with Crippen LogP contribution in [0.15, 0.2) is 48.2 Å². The van der Waals surface area contributed by atoms with E-state index in [2.05, 4.69) is 10.2 Å². The van der Waals surface area contributed by atoms with Crippen LogP contribution in [0.25, 0.3) is 0 Å². The minimum absolute atomic E-state index is 0.0446. The van der Waals surface area contributed by atoms with Crippen LogP contribution in [0.1, 0.15) is 30.6 Å². The molecule has 4 rings (SSSR count). The predicted molar refractivity (Wildman–Crippen MR) is 140 cm³/mol. The van der Waals surface area contributed by atoms with Crippen molar-refractivity contribution in [2.45, 2.75) is 26.4 Å². The number of alkyl halides is 1. The number of nitrogens with one attached hydrogen (secondary N) is 1. The predicted octanol–water partition coefficient (Wildman–Crippen LogP) is 2.01. The van der Waals surface area contributed by atoms with Gasteiger partial charge in [0.25, 0.3) is 0 Å². The molecule has 37 heavy (non-hydrogen) atoms. The molecule has 200 valence electrons. The number of benzene rings is 1. The summed E-state index contributed by atoms with van der Waals surface area (Å²) in [6, 6.07) is 7.57. The molecule has 0 aromatic heterocycles. The van der Waals surface area contributed by atoms with Gasteiger partial charge < -0.3 is 20.2 Å². The molecule has 1 aliphatic carbocycles. The lowest BCUT2D eigenvalue weighted by Crippen LogP contribution is -2.51. The van der Waals surface area contributed by atoms with E-state index in [1.807, 2.05) is 34.1 Å². The zero-order chi connectivity index (χ0) is 26.5. The summed E-state index contributed by atoms with van der Waals surface area (Å²) in [4.78, 5) is 43.4. The van der Waals surface area contributed by atoms with Crippen LogP contribution in [0, 0.1) is 17.8 Å². The van der Waals surface area contributed by atoms with Crippen molar-refractivity contribution in [3.8, 4) is 0 Å². The number of ketones is 1. The highest BCUT2D eigenvalue weighted by Crippen LogP contribution is 2.25. The van der Waals surface area contributed by atoms with E-state index in [1.54, 1.807) is 32.1 Å². The van der Waals surface area contributed by atoms with Crippen LogP contribution in [0.5, 0.6) is 0 Å². The van der Waals surface area contributed by atoms with Crippen molar-refractivity contribution >= 4 is 23.3 Å². The maximum Gasteiger partial charge on any atom is 0.236 e. The van der Waals surface area contributed by atoms with Gasteiger partial charge in [-0.15, -0.1) is 0 Å². The molecule has 2 aliphatic heterocycles. The van der Waals surface area contributed by atoms with Crippen LogP contribution in [0.2, 0.25) is 0 Å². The van der Waals surface area contributed by atoms with E-state index in [4.69, 9.17) is 0 Å². The van der Waals surface area contributed by atoms with Gasteiger partial charge in [0.05, 0.1) is 25.2 Å². The highest BCUT2D eigenvalue weighted by Gasteiger charge is 2.32. The standard InChI is InChI=1S/C28H37FN4O4/c1-19(16-29)25-15-23(5-8-26(25)35)30-28(37)22-9-10-31(17-22)18-27(36)33-13-11-32(12-14-33)24-6-3-21(4-7-24)20(2)34/h3-8,15,19,22,25-26,35H,9-14,16-18H2,1-2H3,(H,30,37)/t19?,22-,25?,26?/m1/s1. The Morgan fingerprint density at radius 3 is 2.46 bits per heavy atom. The second-order valence-corrected chi connectivity index (χ2v) is 10.4. The average Bonchev–Trinajstić information content (AvgIpc) is 3.38. The van der Waals surface area contributed by atoms with Crippen molar-refractivity contribution in [2.75, 3.05) is 57.4 Å². The monoisotopic (exact) mass is 512 g/mol. The highest BCUT2D eigenvalue weighted by molar-refractivity contribution is 5.94. The van der Waals surface area contributed by atoms with Crippen LogP contribution in [0.3, 0.4) is 0 Å². The topological polar surface area (TPSA) is 93.2 Å². The maximum absolute atomic E-state index is 13.1. The number of amides is 2. The number of carbonyl (C=O) groups excluding carboxylic acids is 3. The number of likely N-dealkylation sites (tertiary alicyclic amines) is 1. The van der Waals surface area contributed by atoms with Gasteiger partial charge in [0.1, 0.15) is 0 Å². The summed E-state index contributed by atoms with van der Waals surface area (Å²) in [5.41, 5.74) is 2.33. The van der Waals surface area contributed by atoms with E-state index in [9.17, 15) is 23.9 Å². The van der Waals surface area contributed by atoms with Gasteiger partial charge in [-0.3, -0.25) is 23.7 Å². The number of nitrogens with zero attached hydrogens (tertiary/aromatic N) is 3. The Hall–Kier alpha value is -3.04. The van der Waals surface area contributed by atoms with Crippen molar-refractivity contribution in [1.82, 2.24) is 15.1 Å². The first-order chi connectivity index (χ1) is 17.7. The fraction of sp³-hybridized carbons (Fsp3) is 0.536. The van der Waals surface area contributed by atoms with Crippen molar-refractivity contribution in [1.29, 1.82) is 0 Å². The van der Waals surface area contributed by atoms with Gasteiger partial charge in [-0.1, -0.05) is 19.1 Å². The molecule has 2 fully saturated rings. The van der Waals surface area contributed by atoms with Gasteiger partial charge in [-0.05, 0) is 56.1 Å². The molecule has 1 aromatic rings. The second-order valence-electron chi connectivity index (χ2n) is 10.4. The molecule has 2 saturated heterocycles. The Bertz CT molecular complexity index is 1050. The molecule has 4 atom stereocenters. The number of hydrogen-bond acceptors (Lipinski definition) is 6. The van der Waals surface area contributed by atoms with Crippen molar-refractivity contribution in [2.24, 2.45) is 17.8 Å². The third-order valence-electron chi connectivity index (χ3n) is 7.68. The van der Waals surface area contributed by atoms with Crippen molar-refractivity contribution in [3.05, 3.63) is 53.8 Å². The fourth-order valence-electron chi connectivity index (χ4n) is 5.23. The smallest absolute Gasteiger partial charge is 0.236 e. The normalized spacial score (nSPS) is 25.1. The largest absolute Gasteiger partial charge is 0.388 e. The molecule has 0 saturated carbocycles. The Balaban J connectivity index is 1.22. The number of hydrogen-bond donors (Lipinski definition) is 2. The molecule has 2 N–H and O–H groups in total. The Labute approximate surface area is 217 Å². The number of rotatable bonds is 8. The fourth-order valence-corrected chi connectivity index (χ4v) is 5.23. The summed E-state index contributed by atoms with van der Waals surface area (Å²) in [7, 11) is 0. The molecule has 1 aromatic carbocycles. The summed E-state index contributed by atoms with van der Waals surface area (Å²) in [5, 5.41) is 13.0. The molecule has 3 aliphatic rings. The average molecular weight is 513 g/mol. The number of aliphatic hydroxyl groups excluding tert-OH is 1. The highest BCUT2D eigenvalue weighted by atomic mass is 19.1. The van der Waals surface area contributed by atoms with Gasteiger partial charge in [0.15, 0.2) is 5.78 Å². The van der Waals surface area contributed by atoms with Crippen LogP contribution in [0.4, 0.5) is 10.1 Å². The lowest BCUT2D eigenvalue weighted by molar-refractivity contribution is -0.133. The first-order valence-electron chi connectivity index (χ1n) is 13.1. The number of aliphatic hydroxyl groups is 1. The molecular formula is C28H37FN4O4. The van der Waals surface area contributed by atoms with E-state index in [0.29, 0.717) is 50.4 Å². The maximum atomic E-state index is 13.1. The minimum atomic E-state index is -0.756.